The number of nitrogens with zero attached hydrogens (tertiary/aromatic N) is 1. The van der Waals surface area contributed by atoms with Crippen LogP contribution in [-0.4, -0.2) is 23.4 Å². The van der Waals surface area contributed by atoms with Crippen LogP contribution >= 0.6 is 0 Å². The molecule has 0 radical (unpaired) electrons. The Labute approximate surface area is 171 Å². The zero-order chi connectivity index (χ0) is 21.0. The minimum Gasteiger partial charge on any atom is -0.503 e. The zero-order valence-electron chi connectivity index (χ0n) is 17.1. The Balaban J connectivity index is 2.09. The SMILES string of the molecule is CCCOc1cccc(N2C(=O)C(O)=C(C(=O)CC)C2c2ccc(CC)cc2)c1. The third-order valence-electron chi connectivity index (χ3n) is 5.10. The van der Waals surface area contributed by atoms with E-state index >= 15 is 0 Å². The highest BCUT2D eigenvalue weighted by atomic mass is 16.5. The van der Waals surface area contributed by atoms with E-state index in [2.05, 4.69) is 6.92 Å². The normalized spacial score (nSPS) is 16.4. The maximum atomic E-state index is 13.0. The van der Waals surface area contributed by atoms with Gasteiger partial charge in [0.25, 0.3) is 5.91 Å². The van der Waals surface area contributed by atoms with Crippen LogP contribution in [0.1, 0.15) is 50.8 Å². The Morgan fingerprint density at radius 2 is 1.83 bits per heavy atom. The summed E-state index contributed by atoms with van der Waals surface area (Å²) in [5.74, 6) is -0.631. The number of carbonyl (C=O) groups is 2. The van der Waals surface area contributed by atoms with Crippen LogP contribution in [0.2, 0.25) is 0 Å². The van der Waals surface area contributed by atoms with Crippen LogP contribution < -0.4 is 9.64 Å². The molecule has 5 nitrogen and oxygen atoms in total. The molecule has 0 bridgehead atoms. The van der Waals surface area contributed by atoms with E-state index in [0.29, 0.717) is 18.0 Å². The largest absolute Gasteiger partial charge is 0.503 e. The summed E-state index contributed by atoms with van der Waals surface area (Å²) in [6, 6.07) is 14.3. The lowest BCUT2D eigenvalue weighted by molar-refractivity contribution is -0.118. The summed E-state index contributed by atoms with van der Waals surface area (Å²) in [5.41, 5.74) is 2.69. The number of rotatable bonds is 8. The second kappa shape index (κ2) is 8.95. The lowest BCUT2D eigenvalue weighted by Gasteiger charge is -2.27. The maximum absolute atomic E-state index is 13.0. The second-order valence-electron chi connectivity index (χ2n) is 7.06. The Bertz CT molecular complexity index is 930. The fourth-order valence-electron chi connectivity index (χ4n) is 3.54. The molecule has 1 amide bonds. The van der Waals surface area contributed by atoms with Crippen molar-refractivity contribution in [2.24, 2.45) is 0 Å². The Morgan fingerprint density at radius 1 is 1.10 bits per heavy atom. The molecule has 152 valence electrons. The summed E-state index contributed by atoms with van der Waals surface area (Å²) in [4.78, 5) is 27.1. The number of aliphatic hydroxyl groups excluding tert-OH is 1. The van der Waals surface area contributed by atoms with Crippen LogP contribution in [-0.2, 0) is 16.0 Å². The fraction of sp³-hybridized carbons (Fsp3) is 0.333. The molecule has 2 aromatic rings. The first-order valence-corrected chi connectivity index (χ1v) is 10.1. The Morgan fingerprint density at radius 3 is 2.45 bits per heavy atom. The van der Waals surface area contributed by atoms with Gasteiger partial charge in [-0.1, -0.05) is 51.1 Å². The molecule has 0 spiro atoms. The molecule has 1 aliphatic rings. The maximum Gasteiger partial charge on any atom is 0.294 e. The zero-order valence-corrected chi connectivity index (χ0v) is 17.1. The van der Waals surface area contributed by atoms with Gasteiger partial charge in [-0.3, -0.25) is 14.5 Å². The lowest BCUT2D eigenvalue weighted by Crippen LogP contribution is -2.31. The van der Waals surface area contributed by atoms with Gasteiger partial charge in [0.05, 0.1) is 18.2 Å². The van der Waals surface area contributed by atoms with Crippen molar-refractivity contribution in [1.29, 1.82) is 0 Å². The molecule has 0 aromatic heterocycles. The van der Waals surface area contributed by atoms with Gasteiger partial charge in [-0.05, 0) is 36.1 Å². The highest BCUT2D eigenvalue weighted by molar-refractivity contribution is 6.16. The summed E-state index contributed by atoms with van der Waals surface area (Å²) < 4.78 is 5.70. The van der Waals surface area contributed by atoms with Gasteiger partial charge in [0.2, 0.25) is 0 Å². The predicted molar refractivity (Wildman–Crippen MR) is 113 cm³/mol. The van der Waals surface area contributed by atoms with Gasteiger partial charge in [-0.15, -0.1) is 0 Å². The van der Waals surface area contributed by atoms with Crippen LogP contribution in [0.15, 0.2) is 59.9 Å². The van der Waals surface area contributed by atoms with Crippen molar-refractivity contribution in [2.45, 2.75) is 46.1 Å². The van der Waals surface area contributed by atoms with Crippen LogP contribution in [0, 0.1) is 0 Å². The van der Waals surface area contributed by atoms with Crippen LogP contribution in [0.4, 0.5) is 5.69 Å². The number of hydrogen-bond acceptors (Lipinski definition) is 4. The van der Waals surface area contributed by atoms with E-state index < -0.39 is 17.7 Å². The summed E-state index contributed by atoms with van der Waals surface area (Å²) in [7, 11) is 0. The third kappa shape index (κ3) is 4.04. The number of Topliss-reactive ketones (excluding diaryl/α,β-unsaturated/α-hetero) is 1. The summed E-state index contributed by atoms with van der Waals surface area (Å²) in [5, 5.41) is 10.6. The first kappa shape index (κ1) is 20.6. The molecule has 0 saturated heterocycles. The smallest absolute Gasteiger partial charge is 0.294 e. The molecule has 0 saturated carbocycles. The summed E-state index contributed by atoms with van der Waals surface area (Å²) >= 11 is 0. The van der Waals surface area contributed by atoms with Gasteiger partial charge in [0.1, 0.15) is 5.75 Å². The van der Waals surface area contributed by atoms with Gasteiger partial charge < -0.3 is 9.84 Å². The Hall–Kier alpha value is -3.08. The predicted octanol–water partition coefficient (Wildman–Crippen LogP) is 4.92. The first-order valence-electron chi connectivity index (χ1n) is 10.1. The molecule has 0 fully saturated rings. The van der Waals surface area contributed by atoms with Crippen molar-refractivity contribution in [2.75, 3.05) is 11.5 Å². The molecule has 0 aliphatic carbocycles. The number of benzene rings is 2. The van der Waals surface area contributed by atoms with Crippen molar-refractivity contribution in [1.82, 2.24) is 0 Å². The summed E-state index contributed by atoms with van der Waals surface area (Å²) in [6.07, 6.45) is 1.98. The van der Waals surface area contributed by atoms with Crippen molar-refractivity contribution in [3.63, 3.8) is 0 Å². The van der Waals surface area contributed by atoms with Crippen LogP contribution in [0.3, 0.4) is 0 Å². The quantitative estimate of drug-likeness (QED) is 0.691. The van der Waals surface area contributed by atoms with Crippen molar-refractivity contribution in [3.05, 3.63) is 71.0 Å². The van der Waals surface area contributed by atoms with E-state index in [1.54, 1.807) is 19.1 Å². The minimum absolute atomic E-state index is 0.154. The number of amides is 1. The molecule has 5 heteroatoms. The summed E-state index contributed by atoms with van der Waals surface area (Å²) in [6.45, 7) is 6.39. The number of anilines is 1. The standard InChI is InChI=1S/C24H27NO4/c1-4-14-29-19-9-7-8-18(15-19)25-22(17-12-10-16(5-2)11-13-17)21(20(26)6-3)23(27)24(25)28/h7-13,15,22,27H,4-6,14H2,1-3H3. The van der Waals surface area contributed by atoms with Crippen molar-refractivity contribution >= 4 is 17.4 Å². The molecular formula is C24H27NO4. The minimum atomic E-state index is -0.665. The van der Waals surface area contributed by atoms with Crippen molar-refractivity contribution in [3.8, 4) is 5.75 Å². The highest BCUT2D eigenvalue weighted by Crippen LogP contribution is 2.42. The van der Waals surface area contributed by atoms with E-state index in [-0.39, 0.29) is 17.8 Å². The van der Waals surface area contributed by atoms with E-state index in [0.717, 1.165) is 24.0 Å². The molecule has 29 heavy (non-hydrogen) atoms. The Kier molecular flexibility index (Phi) is 6.37. The topological polar surface area (TPSA) is 66.8 Å². The van der Waals surface area contributed by atoms with Gasteiger partial charge in [-0.2, -0.15) is 0 Å². The number of aliphatic hydroxyl groups is 1. The average Bonchev–Trinajstić information content (AvgIpc) is 3.02. The number of carbonyl (C=O) groups excluding carboxylic acids is 2. The fourth-order valence-corrected chi connectivity index (χ4v) is 3.54. The highest BCUT2D eigenvalue weighted by Gasteiger charge is 2.43. The third-order valence-corrected chi connectivity index (χ3v) is 5.10. The van der Waals surface area contributed by atoms with Crippen molar-refractivity contribution < 1.29 is 19.4 Å². The van der Waals surface area contributed by atoms with Gasteiger partial charge in [0.15, 0.2) is 11.5 Å². The van der Waals surface area contributed by atoms with Gasteiger partial charge in [0, 0.05) is 18.2 Å². The number of ether oxygens (including phenoxy) is 1. The molecule has 1 N–H and O–H groups in total. The molecule has 1 heterocycles. The number of aryl methyl sites for hydroxylation is 1. The lowest BCUT2D eigenvalue weighted by atomic mass is 9.94. The molecule has 1 aliphatic heterocycles. The molecule has 1 atom stereocenters. The first-order chi connectivity index (χ1) is 14.0. The molecule has 1 unspecified atom stereocenters. The molecule has 2 aromatic carbocycles. The van der Waals surface area contributed by atoms with E-state index in [4.69, 9.17) is 4.74 Å². The van der Waals surface area contributed by atoms with E-state index in [1.165, 1.54) is 4.90 Å². The number of ketones is 1. The molecule has 3 rings (SSSR count). The van der Waals surface area contributed by atoms with Gasteiger partial charge in [-0.25, -0.2) is 0 Å². The van der Waals surface area contributed by atoms with Crippen LogP contribution in [0.25, 0.3) is 0 Å². The van der Waals surface area contributed by atoms with E-state index in [9.17, 15) is 14.7 Å². The monoisotopic (exact) mass is 393 g/mol. The average molecular weight is 393 g/mol. The van der Waals surface area contributed by atoms with Gasteiger partial charge >= 0.3 is 0 Å². The number of hydrogen-bond donors (Lipinski definition) is 1. The van der Waals surface area contributed by atoms with Crippen LogP contribution in [0.5, 0.6) is 5.75 Å². The van der Waals surface area contributed by atoms with E-state index in [1.807, 2.05) is 43.3 Å². The second-order valence-corrected chi connectivity index (χ2v) is 7.06. The molecular weight excluding hydrogens is 366 g/mol.